The van der Waals surface area contributed by atoms with Crippen LogP contribution >= 0.6 is 11.6 Å². The minimum Gasteiger partial charge on any atom is -0.285 e. The topological polar surface area (TPSA) is 52.7 Å². The van der Waals surface area contributed by atoms with Crippen LogP contribution in [0.1, 0.15) is 36.1 Å². The molecule has 0 atom stereocenters. The highest BCUT2D eigenvalue weighted by atomic mass is 35.5. The molecule has 0 N–H and O–H groups in total. The molecule has 0 bridgehead atoms. The molecular formula is C11H13ClN4O. The van der Waals surface area contributed by atoms with Gasteiger partial charge >= 0.3 is 0 Å². The third kappa shape index (κ3) is 1.98. The Morgan fingerprint density at radius 1 is 1.41 bits per heavy atom. The van der Waals surface area contributed by atoms with Crippen LogP contribution in [0, 0.1) is 0 Å². The van der Waals surface area contributed by atoms with E-state index >= 15 is 0 Å². The molecule has 0 amide bonds. The lowest BCUT2D eigenvalue weighted by atomic mass is 10.2. The molecule has 2 rings (SSSR count). The Labute approximate surface area is 104 Å². The highest BCUT2D eigenvalue weighted by Crippen LogP contribution is 2.21. The first-order chi connectivity index (χ1) is 8.02. The normalized spacial score (nSPS) is 11.1. The molecule has 2 aromatic heterocycles. The van der Waals surface area contributed by atoms with Crippen molar-refractivity contribution >= 4 is 17.4 Å². The number of rotatable bonds is 3. The first-order valence-electron chi connectivity index (χ1n) is 5.28. The third-order valence-electron chi connectivity index (χ3n) is 2.51. The van der Waals surface area contributed by atoms with Crippen LogP contribution in [0.15, 0.2) is 18.5 Å². The van der Waals surface area contributed by atoms with Crippen LogP contribution in [0.25, 0.3) is 0 Å². The van der Waals surface area contributed by atoms with Gasteiger partial charge in [0.25, 0.3) is 0 Å². The maximum Gasteiger partial charge on any atom is 0.230 e. The molecule has 0 radical (unpaired) electrons. The largest absolute Gasteiger partial charge is 0.285 e. The fraction of sp³-hybridized carbons (Fsp3) is 0.364. The predicted octanol–water partition coefficient (Wildman–Crippen LogP) is 2.08. The number of aromatic nitrogens is 4. The van der Waals surface area contributed by atoms with E-state index in [9.17, 15) is 4.79 Å². The second-order valence-corrected chi connectivity index (χ2v) is 4.46. The molecule has 0 aromatic carbocycles. The number of aryl methyl sites for hydroxylation is 1. The maximum absolute atomic E-state index is 12.3. The van der Waals surface area contributed by atoms with Gasteiger partial charge in [-0.05, 0) is 19.9 Å². The van der Waals surface area contributed by atoms with Crippen LogP contribution in [0.3, 0.4) is 0 Å². The van der Waals surface area contributed by atoms with E-state index in [1.165, 1.54) is 10.9 Å². The molecule has 0 unspecified atom stereocenters. The van der Waals surface area contributed by atoms with Crippen molar-refractivity contribution in [2.75, 3.05) is 0 Å². The maximum atomic E-state index is 12.3. The molecule has 90 valence electrons. The van der Waals surface area contributed by atoms with Gasteiger partial charge in [-0.3, -0.25) is 14.2 Å². The van der Waals surface area contributed by atoms with E-state index in [0.717, 1.165) is 0 Å². The van der Waals surface area contributed by atoms with Crippen LogP contribution < -0.4 is 0 Å². The van der Waals surface area contributed by atoms with Crippen molar-refractivity contribution in [1.29, 1.82) is 0 Å². The van der Waals surface area contributed by atoms with Gasteiger partial charge < -0.3 is 0 Å². The zero-order valence-corrected chi connectivity index (χ0v) is 10.6. The second-order valence-electron chi connectivity index (χ2n) is 4.05. The summed E-state index contributed by atoms with van der Waals surface area (Å²) in [7, 11) is 1.72. The Morgan fingerprint density at radius 3 is 2.65 bits per heavy atom. The van der Waals surface area contributed by atoms with Crippen molar-refractivity contribution in [2.45, 2.75) is 19.9 Å². The standard InChI is InChI=1S/C11H13ClN4O/c1-7(2)16-10(8(12)6-14-16)11(17)9-4-5-13-15(9)3/h4-7H,1-3H3. The van der Waals surface area contributed by atoms with Gasteiger partial charge in [0.1, 0.15) is 11.4 Å². The summed E-state index contributed by atoms with van der Waals surface area (Å²) in [5, 5.41) is 8.45. The van der Waals surface area contributed by atoms with Gasteiger partial charge in [0.2, 0.25) is 5.78 Å². The van der Waals surface area contributed by atoms with E-state index in [2.05, 4.69) is 10.2 Å². The predicted molar refractivity (Wildman–Crippen MR) is 64.3 cm³/mol. The highest BCUT2D eigenvalue weighted by molar-refractivity contribution is 6.34. The number of carbonyl (C=O) groups is 1. The number of hydrogen-bond acceptors (Lipinski definition) is 3. The summed E-state index contributed by atoms with van der Waals surface area (Å²) in [5.74, 6) is -0.166. The second kappa shape index (κ2) is 4.33. The minimum atomic E-state index is -0.166. The van der Waals surface area contributed by atoms with Gasteiger partial charge in [0, 0.05) is 19.3 Å². The molecule has 2 aromatic rings. The lowest BCUT2D eigenvalue weighted by molar-refractivity contribution is 0.101. The number of halogens is 1. The summed E-state index contributed by atoms with van der Waals surface area (Å²) in [5.41, 5.74) is 0.902. The van der Waals surface area contributed by atoms with E-state index < -0.39 is 0 Å². The quantitative estimate of drug-likeness (QED) is 0.786. The van der Waals surface area contributed by atoms with Crippen LogP contribution in [0.2, 0.25) is 5.02 Å². The molecule has 0 aliphatic rings. The average Bonchev–Trinajstić information content (AvgIpc) is 2.83. The first kappa shape index (κ1) is 11.9. The van der Waals surface area contributed by atoms with Crippen molar-refractivity contribution in [1.82, 2.24) is 19.6 Å². The zero-order valence-electron chi connectivity index (χ0n) is 9.88. The van der Waals surface area contributed by atoms with Gasteiger partial charge in [0.15, 0.2) is 0 Å². The molecule has 0 fully saturated rings. The van der Waals surface area contributed by atoms with Crippen molar-refractivity contribution < 1.29 is 4.79 Å². The highest BCUT2D eigenvalue weighted by Gasteiger charge is 2.22. The van der Waals surface area contributed by atoms with Crippen LogP contribution in [-0.2, 0) is 7.05 Å². The summed E-state index contributed by atoms with van der Waals surface area (Å²) >= 11 is 6.02. The molecule has 17 heavy (non-hydrogen) atoms. The summed E-state index contributed by atoms with van der Waals surface area (Å²) in [4.78, 5) is 12.3. The van der Waals surface area contributed by atoms with Gasteiger partial charge in [-0.15, -0.1) is 0 Å². The van der Waals surface area contributed by atoms with Gasteiger partial charge in [0.05, 0.1) is 11.2 Å². The Kier molecular flexibility index (Phi) is 3.02. The van der Waals surface area contributed by atoms with Crippen LogP contribution in [0.5, 0.6) is 0 Å². The molecule has 0 spiro atoms. The van der Waals surface area contributed by atoms with Crippen LogP contribution in [-0.4, -0.2) is 25.3 Å². The zero-order chi connectivity index (χ0) is 12.6. The SMILES string of the molecule is CC(C)n1ncc(Cl)c1C(=O)c1ccnn1C. The van der Waals surface area contributed by atoms with Crippen molar-refractivity contribution in [2.24, 2.45) is 7.05 Å². The molecule has 6 heteroatoms. The smallest absolute Gasteiger partial charge is 0.230 e. The number of ketones is 1. The molecule has 5 nitrogen and oxygen atoms in total. The van der Waals surface area contributed by atoms with E-state index in [4.69, 9.17) is 11.6 Å². The Bertz CT molecular complexity index is 556. The molecule has 0 saturated carbocycles. The number of carbonyl (C=O) groups excluding carboxylic acids is 1. The minimum absolute atomic E-state index is 0.0784. The molecule has 2 heterocycles. The van der Waals surface area contributed by atoms with Crippen molar-refractivity contribution in [3.05, 3.63) is 34.9 Å². The Balaban J connectivity index is 2.51. The van der Waals surface area contributed by atoms with E-state index in [0.29, 0.717) is 16.4 Å². The fourth-order valence-corrected chi connectivity index (χ4v) is 1.88. The summed E-state index contributed by atoms with van der Waals surface area (Å²) in [6.45, 7) is 3.90. The monoisotopic (exact) mass is 252 g/mol. The molecule has 0 aliphatic carbocycles. The average molecular weight is 253 g/mol. The van der Waals surface area contributed by atoms with E-state index in [-0.39, 0.29) is 11.8 Å². The molecular weight excluding hydrogens is 240 g/mol. The lowest BCUT2D eigenvalue weighted by Crippen LogP contribution is -2.16. The van der Waals surface area contributed by atoms with Crippen molar-refractivity contribution in [3.8, 4) is 0 Å². The summed E-state index contributed by atoms with van der Waals surface area (Å²) < 4.78 is 3.15. The van der Waals surface area contributed by atoms with Crippen molar-refractivity contribution in [3.63, 3.8) is 0 Å². The first-order valence-corrected chi connectivity index (χ1v) is 5.66. The van der Waals surface area contributed by atoms with E-state index in [1.807, 2.05) is 13.8 Å². The van der Waals surface area contributed by atoms with Gasteiger partial charge in [-0.25, -0.2) is 0 Å². The fourth-order valence-electron chi connectivity index (χ4n) is 1.66. The van der Waals surface area contributed by atoms with Gasteiger partial charge in [-0.1, -0.05) is 11.6 Å². The van der Waals surface area contributed by atoms with Crippen LogP contribution in [0.4, 0.5) is 0 Å². The number of nitrogens with zero attached hydrogens (tertiary/aromatic N) is 4. The summed E-state index contributed by atoms with van der Waals surface area (Å²) in [6, 6.07) is 1.74. The molecule has 0 aliphatic heterocycles. The number of hydrogen-bond donors (Lipinski definition) is 0. The van der Waals surface area contributed by atoms with Gasteiger partial charge in [-0.2, -0.15) is 10.2 Å². The lowest BCUT2D eigenvalue weighted by Gasteiger charge is -2.10. The van der Waals surface area contributed by atoms with E-state index in [1.54, 1.807) is 24.0 Å². The third-order valence-corrected chi connectivity index (χ3v) is 2.79. The molecule has 0 saturated heterocycles. The Hall–Kier alpha value is -1.62. The Morgan fingerprint density at radius 2 is 2.12 bits per heavy atom. The summed E-state index contributed by atoms with van der Waals surface area (Å²) in [6.07, 6.45) is 3.07.